The van der Waals surface area contributed by atoms with Crippen molar-refractivity contribution in [1.82, 2.24) is 18.8 Å². The van der Waals surface area contributed by atoms with E-state index < -0.39 is 40.3 Å². The molecule has 2 saturated heterocycles. The van der Waals surface area contributed by atoms with Gasteiger partial charge in [-0.2, -0.15) is 17.0 Å². The third-order valence-corrected chi connectivity index (χ3v) is 6.59. The number of carboxylic acid groups (broad SMARTS) is 1. The number of nitrogens with one attached hydrogen (secondary N) is 1. The van der Waals surface area contributed by atoms with Gasteiger partial charge in [-0.15, -0.1) is 0 Å². The van der Waals surface area contributed by atoms with Gasteiger partial charge in [0.05, 0.1) is 0 Å². The molecule has 0 aromatic carbocycles. The third kappa shape index (κ3) is 5.19. The van der Waals surface area contributed by atoms with E-state index in [0.717, 1.165) is 4.31 Å². The second-order valence-corrected chi connectivity index (χ2v) is 9.66. The Bertz CT molecular complexity index is 717. The van der Waals surface area contributed by atoms with Crippen LogP contribution >= 0.6 is 0 Å². The van der Waals surface area contributed by atoms with E-state index in [9.17, 15) is 22.8 Å². The van der Waals surface area contributed by atoms with Crippen molar-refractivity contribution in [3.63, 3.8) is 0 Å². The highest BCUT2D eigenvalue weighted by Crippen LogP contribution is 2.23. The summed E-state index contributed by atoms with van der Waals surface area (Å²) in [4.78, 5) is 37.5. The summed E-state index contributed by atoms with van der Waals surface area (Å²) < 4.78 is 31.6. The molecular weight excluding hydrogens is 392 g/mol. The molecule has 2 aliphatic heterocycles. The maximum Gasteiger partial charge on any atom is 0.336 e. The monoisotopic (exact) mass is 420 g/mol. The third-order valence-electron chi connectivity index (χ3n) is 4.65. The van der Waals surface area contributed by atoms with Gasteiger partial charge in [-0.3, -0.25) is 9.59 Å². The zero-order chi connectivity index (χ0) is 21.2. The smallest absolute Gasteiger partial charge is 0.336 e. The lowest BCUT2D eigenvalue weighted by atomic mass is 10.0. The lowest BCUT2D eigenvalue weighted by Crippen LogP contribution is -2.57. The van der Waals surface area contributed by atoms with Gasteiger partial charge < -0.3 is 20.1 Å². The van der Waals surface area contributed by atoms with E-state index in [2.05, 4.69) is 5.32 Å². The fraction of sp³-hybridized carbons (Fsp3) is 0.812. The summed E-state index contributed by atoms with van der Waals surface area (Å²) in [6.07, 6.45) is -1.87. The molecule has 2 fully saturated rings. The molecule has 12 heteroatoms. The van der Waals surface area contributed by atoms with Crippen molar-refractivity contribution in [2.45, 2.75) is 38.5 Å². The minimum absolute atomic E-state index is 0.111. The summed E-state index contributed by atoms with van der Waals surface area (Å²) in [5.41, 5.74) is 0. The first-order chi connectivity index (χ1) is 12.9. The van der Waals surface area contributed by atoms with Crippen LogP contribution in [-0.2, 0) is 29.3 Å². The maximum atomic E-state index is 12.9. The topological polar surface area (TPSA) is 140 Å². The predicted molar refractivity (Wildman–Crippen MR) is 98.4 cm³/mol. The number of hydrogen-bond donors (Lipinski definition) is 2. The summed E-state index contributed by atoms with van der Waals surface area (Å²) in [6, 6.07) is -0.817. The number of piperazine rings is 1. The number of nitrogens with zero attached hydrogens (tertiary/aromatic N) is 3. The van der Waals surface area contributed by atoms with Crippen molar-refractivity contribution in [2.24, 2.45) is 5.92 Å². The van der Waals surface area contributed by atoms with Gasteiger partial charge in [0, 0.05) is 40.3 Å². The molecule has 28 heavy (non-hydrogen) atoms. The molecule has 2 amide bonds. The van der Waals surface area contributed by atoms with Crippen LogP contribution in [0.3, 0.4) is 0 Å². The fourth-order valence-corrected chi connectivity index (χ4v) is 4.12. The first-order valence-corrected chi connectivity index (χ1v) is 10.5. The zero-order valence-electron chi connectivity index (χ0n) is 16.5. The van der Waals surface area contributed by atoms with Crippen LogP contribution < -0.4 is 5.32 Å². The quantitative estimate of drug-likeness (QED) is 0.447. The minimum atomic E-state index is -3.54. The Balaban J connectivity index is 1.98. The summed E-state index contributed by atoms with van der Waals surface area (Å²) >= 11 is 0. The molecule has 0 saturated carbocycles. The van der Waals surface area contributed by atoms with E-state index in [1.54, 1.807) is 0 Å². The number of carboxylic acids is 1. The molecule has 0 spiro atoms. The van der Waals surface area contributed by atoms with Gasteiger partial charge in [0.15, 0.2) is 12.2 Å². The predicted octanol–water partition coefficient (Wildman–Crippen LogP) is -1.68. The first-order valence-electron chi connectivity index (χ1n) is 9.10. The molecule has 2 rings (SSSR count). The summed E-state index contributed by atoms with van der Waals surface area (Å²) in [5.74, 6) is -2.04. The van der Waals surface area contributed by atoms with Gasteiger partial charge in [0.25, 0.3) is 16.1 Å². The Hall–Kier alpha value is -1.76. The number of epoxide rings is 1. The number of ether oxygens (including phenoxy) is 1. The Labute approximate surface area is 164 Å². The van der Waals surface area contributed by atoms with E-state index in [4.69, 9.17) is 9.84 Å². The normalized spacial score (nSPS) is 24.3. The molecular formula is C16H28N4O7S. The molecule has 3 atom stereocenters. The number of carbonyl (C=O) groups is 3. The molecule has 2 aliphatic rings. The van der Waals surface area contributed by atoms with Crippen LogP contribution in [0.25, 0.3) is 0 Å². The largest absolute Gasteiger partial charge is 0.479 e. The van der Waals surface area contributed by atoms with Crippen LogP contribution in [0, 0.1) is 5.92 Å². The van der Waals surface area contributed by atoms with Crippen molar-refractivity contribution in [2.75, 3.05) is 40.3 Å². The highest BCUT2D eigenvalue weighted by molar-refractivity contribution is 7.86. The van der Waals surface area contributed by atoms with Crippen molar-refractivity contribution < 1.29 is 32.6 Å². The van der Waals surface area contributed by atoms with Gasteiger partial charge in [0.1, 0.15) is 6.04 Å². The number of carbonyl (C=O) groups excluding carboxylic acids is 2. The number of amides is 2. The molecule has 0 bridgehead atoms. The Morgan fingerprint density at radius 3 is 2.14 bits per heavy atom. The lowest BCUT2D eigenvalue weighted by Gasteiger charge is -2.37. The molecule has 160 valence electrons. The number of hydrogen-bond acceptors (Lipinski definition) is 6. The van der Waals surface area contributed by atoms with E-state index in [-0.39, 0.29) is 38.0 Å². The molecule has 0 unspecified atom stereocenters. The van der Waals surface area contributed by atoms with E-state index in [1.165, 1.54) is 23.3 Å². The molecule has 2 heterocycles. The molecule has 0 aromatic rings. The minimum Gasteiger partial charge on any atom is -0.479 e. The first kappa shape index (κ1) is 22.5. The van der Waals surface area contributed by atoms with Crippen molar-refractivity contribution in [3.05, 3.63) is 0 Å². The highest BCUT2D eigenvalue weighted by Gasteiger charge is 2.51. The van der Waals surface area contributed by atoms with Gasteiger partial charge in [-0.05, 0) is 12.3 Å². The van der Waals surface area contributed by atoms with Crippen LogP contribution in [0.5, 0.6) is 0 Å². The van der Waals surface area contributed by atoms with Gasteiger partial charge in [-0.1, -0.05) is 13.8 Å². The van der Waals surface area contributed by atoms with Gasteiger partial charge >= 0.3 is 5.97 Å². The number of aliphatic carboxylic acids is 1. The Morgan fingerprint density at radius 1 is 1.14 bits per heavy atom. The fourth-order valence-electron chi connectivity index (χ4n) is 3.04. The van der Waals surface area contributed by atoms with Crippen molar-refractivity contribution in [3.8, 4) is 0 Å². The molecule has 0 aromatic heterocycles. The van der Waals surface area contributed by atoms with Crippen LogP contribution in [-0.4, -0.2) is 103 Å². The van der Waals surface area contributed by atoms with Crippen molar-refractivity contribution >= 4 is 28.0 Å². The summed E-state index contributed by atoms with van der Waals surface area (Å²) in [7, 11) is -0.638. The maximum absolute atomic E-state index is 12.9. The van der Waals surface area contributed by atoms with E-state index >= 15 is 0 Å². The van der Waals surface area contributed by atoms with E-state index in [1.807, 2.05) is 13.8 Å². The van der Waals surface area contributed by atoms with Crippen molar-refractivity contribution in [1.29, 1.82) is 0 Å². The van der Waals surface area contributed by atoms with Crippen LogP contribution in [0.15, 0.2) is 0 Å². The summed E-state index contributed by atoms with van der Waals surface area (Å²) in [5, 5.41) is 11.5. The van der Waals surface area contributed by atoms with Crippen LogP contribution in [0.2, 0.25) is 0 Å². The second kappa shape index (κ2) is 8.72. The van der Waals surface area contributed by atoms with E-state index in [0.29, 0.717) is 6.42 Å². The molecule has 2 N–H and O–H groups in total. The van der Waals surface area contributed by atoms with Gasteiger partial charge in [-0.25, -0.2) is 4.79 Å². The Kier molecular flexibility index (Phi) is 7.02. The summed E-state index contributed by atoms with van der Waals surface area (Å²) in [6.45, 7) is 4.58. The highest BCUT2D eigenvalue weighted by atomic mass is 32.2. The second-order valence-electron chi connectivity index (χ2n) is 7.52. The number of rotatable bonds is 8. The SMILES string of the molecule is CC(C)C[C@H](NC(=O)[C@H]1O[C@@H]1C(=O)O)C(=O)N1CCN(S(=O)(=O)N(C)C)CC1. The standard InChI is InChI=1S/C16H28N4O7S/c1-10(2)9-11(17-14(21)12-13(27-12)16(23)24)15(22)19-5-7-20(8-6-19)28(25,26)18(3)4/h10-13H,5-9H2,1-4H3,(H,17,21)(H,23,24)/t11-,12-,13-/m0/s1. The lowest BCUT2D eigenvalue weighted by molar-refractivity contribution is -0.138. The molecule has 11 nitrogen and oxygen atoms in total. The average molecular weight is 420 g/mol. The zero-order valence-corrected chi connectivity index (χ0v) is 17.3. The Morgan fingerprint density at radius 2 is 1.71 bits per heavy atom. The van der Waals surface area contributed by atoms with Gasteiger partial charge in [0.2, 0.25) is 5.91 Å². The molecule has 0 aliphatic carbocycles. The molecule has 0 radical (unpaired) electrons. The van der Waals surface area contributed by atoms with Crippen LogP contribution in [0.4, 0.5) is 0 Å². The van der Waals surface area contributed by atoms with Crippen LogP contribution in [0.1, 0.15) is 20.3 Å². The average Bonchev–Trinajstić information content (AvgIpc) is 3.41.